The van der Waals surface area contributed by atoms with E-state index in [-0.39, 0.29) is 6.04 Å². The van der Waals surface area contributed by atoms with Crippen molar-refractivity contribution in [3.8, 4) is 0 Å². The molecule has 3 aliphatic rings. The Morgan fingerprint density at radius 2 is 2.11 bits per heavy atom. The Kier molecular flexibility index (Phi) is 4.06. The lowest BCUT2D eigenvalue weighted by atomic mass is 10.1. The van der Waals surface area contributed by atoms with Gasteiger partial charge in [0.25, 0.3) is 0 Å². The second kappa shape index (κ2) is 5.62. The van der Waals surface area contributed by atoms with Gasteiger partial charge in [0, 0.05) is 48.8 Å². The molecule has 3 unspecified atom stereocenters. The highest BCUT2D eigenvalue weighted by molar-refractivity contribution is 7.99. The lowest BCUT2D eigenvalue weighted by molar-refractivity contribution is -0.138. The number of hydrogen-bond acceptors (Lipinski definition) is 4. The van der Waals surface area contributed by atoms with Gasteiger partial charge in [-0.2, -0.15) is 11.8 Å². The molecule has 0 aromatic rings. The molecule has 3 atom stereocenters. The third-order valence-corrected chi connectivity index (χ3v) is 5.86. The van der Waals surface area contributed by atoms with Crippen molar-refractivity contribution < 1.29 is 9.90 Å². The summed E-state index contributed by atoms with van der Waals surface area (Å²) in [4.78, 5) is 16.2. The Morgan fingerprint density at radius 1 is 1.32 bits per heavy atom. The largest absolute Gasteiger partial charge is 0.481 e. The molecule has 108 valence electrons. The normalized spacial score (nSPS) is 37.6. The number of rotatable bonds is 4. The first kappa shape index (κ1) is 13.7. The second-order valence-electron chi connectivity index (χ2n) is 6.23. The van der Waals surface area contributed by atoms with E-state index in [4.69, 9.17) is 5.11 Å². The summed E-state index contributed by atoms with van der Waals surface area (Å²) in [6.45, 7) is 4.56. The molecule has 2 aliphatic heterocycles. The molecule has 1 N–H and O–H groups in total. The molecule has 1 saturated carbocycles. The van der Waals surface area contributed by atoms with E-state index < -0.39 is 5.97 Å². The lowest BCUT2D eigenvalue weighted by Gasteiger charge is -2.39. The van der Waals surface area contributed by atoms with Crippen LogP contribution in [0.2, 0.25) is 0 Å². The number of likely N-dealkylation sites (tertiary alicyclic amines) is 1. The van der Waals surface area contributed by atoms with Gasteiger partial charge in [-0.05, 0) is 26.2 Å². The molecule has 2 saturated heterocycles. The maximum absolute atomic E-state index is 11.0. The third kappa shape index (κ3) is 3.09. The number of thioether (sulfide) groups is 1. The summed E-state index contributed by atoms with van der Waals surface area (Å²) >= 11 is 1.91. The van der Waals surface area contributed by atoms with Gasteiger partial charge in [0.15, 0.2) is 0 Å². The Morgan fingerprint density at radius 3 is 2.79 bits per heavy atom. The molecule has 3 rings (SSSR count). The number of hydrogen-bond donors (Lipinski definition) is 1. The first-order chi connectivity index (χ1) is 9.15. The fourth-order valence-electron chi connectivity index (χ4n) is 3.71. The highest BCUT2D eigenvalue weighted by Crippen LogP contribution is 2.36. The SMILES string of the molecule is CC1CC(N2CCSCC2CC(=O)O)CN1C1CC1. The zero-order chi connectivity index (χ0) is 13.4. The van der Waals surface area contributed by atoms with E-state index in [0.717, 1.165) is 30.6 Å². The van der Waals surface area contributed by atoms with Crippen LogP contribution in [0, 0.1) is 0 Å². The van der Waals surface area contributed by atoms with Gasteiger partial charge in [-0.3, -0.25) is 14.6 Å². The molecule has 5 heteroatoms. The van der Waals surface area contributed by atoms with Crippen molar-refractivity contribution in [2.45, 2.75) is 56.8 Å². The van der Waals surface area contributed by atoms with E-state index in [1.165, 1.54) is 19.3 Å². The van der Waals surface area contributed by atoms with Crippen molar-refractivity contribution in [2.24, 2.45) is 0 Å². The lowest BCUT2D eigenvalue weighted by Crippen LogP contribution is -2.50. The molecule has 2 heterocycles. The number of aliphatic carboxylic acids is 1. The maximum atomic E-state index is 11.0. The smallest absolute Gasteiger partial charge is 0.304 e. The van der Waals surface area contributed by atoms with Gasteiger partial charge in [0.05, 0.1) is 6.42 Å². The molecule has 0 aromatic carbocycles. The Bertz CT molecular complexity index is 348. The van der Waals surface area contributed by atoms with E-state index in [9.17, 15) is 4.79 Å². The van der Waals surface area contributed by atoms with Crippen LogP contribution in [-0.4, -0.2) is 69.6 Å². The van der Waals surface area contributed by atoms with Crippen LogP contribution in [0.15, 0.2) is 0 Å². The van der Waals surface area contributed by atoms with Crippen LogP contribution < -0.4 is 0 Å². The van der Waals surface area contributed by atoms with Crippen LogP contribution in [0.25, 0.3) is 0 Å². The van der Waals surface area contributed by atoms with E-state index in [1.54, 1.807) is 0 Å². The summed E-state index contributed by atoms with van der Waals surface area (Å²) in [5, 5.41) is 9.08. The Hall–Kier alpha value is -0.260. The number of carboxylic acids is 1. The van der Waals surface area contributed by atoms with E-state index in [1.807, 2.05) is 11.8 Å². The topological polar surface area (TPSA) is 43.8 Å². The van der Waals surface area contributed by atoms with Gasteiger partial charge < -0.3 is 5.11 Å². The van der Waals surface area contributed by atoms with Gasteiger partial charge in [-0.1, -0.05) is 0 Å². The van der Waals surface area contributed by atoms with Crippen LogP contribution in [0.1, 0.15) is 32.6 Å². The summed E-state index contributed by atoms with van der Waals surface area (Å²) in [7, 11) is 0. The quantitative estimate of drug-likeness (QED) is 0.847. The van der Waals surface area contributed by atoms with Gasteiger partial charge in [-0.25, -0.2) is 0 Å². The van der Waals surface area contributed by atoms with Crippen LogP contribution in [0.4, 0.5) is 0 Å². The molecule has 3 fully saturated rings. The summed E-state index contributed by atoms with van der Waals surface area (Å²) < 4.78 is 0. The molecule has 0 radical (unpaired) electrons. The molecule has 4 nitrogen and oxygen atoms in total. The van der Waals surface area contributed by atoms with Crippen molar-refractivity contribution in [1.82, 2.24) is 9.80 Å². The van der Waals surface area contributed by atoms with E-state index >= 15 is 0 Å². The van der Waals surface area contributed by atoms with Crippen LogP contribution >= 0.6 is 11.8 Å². The van der Waals surface area contributed by atoms with Crippen molar-refractivity contribution in [3.05, 3.63) is 0 Å². The van der Waals surface area contributed by atoms with Crippen LogP contribution in [0.5, 0.6) is 0 Å². The molecular formula is C14H24N2O2S. The first-order valence-electron chi connectivity index (χ1n) is 7.46. The summed E-state index contributed by atoms with van der Waals surface area (Å²) in [5.74, 6) is 1.49. The molecule has 19 heavy (non-hydrogen) atoms. The van der Waals surface area contributed by atoms with Crippen molar-refractivity contribution in [2.75, 3.05) is 24.6 Å². The van der Waals surface area contributed by atoms with E-state index in [2.05, 4.69) is 16.7 Å². The minimum atomic E-state index is -0.650. The first-order valence-corrected chi connectivity index (χ1v) is 8.61. The van der Waals surface area contributed by atoms with Gasteiger partial charge >= 0.3 is 5.97 Å². The van der Waals surface area contributed by atoms with Crippen molar-refractivity contribution in [1.29, 1.82) is 0 Å². The van der Waals surface area contributed by atoms with Gasteiger partial charge in [-0.15, -0.1) is 0 Å². The molecule has 0 bridgehead atoms. The highest BCUT2D eigenvalue weighted by atomic mass is 32.2. The molecule has 0 aromatic heterocycles. The average molecular weight is 284 g/mol. The summed E-state index contributed by atoms with van der Waals surface area (Å²) in [6.07, 6.45) is 4.26. The number of carbonyl (C=O) groups is 1. The molecule has 0 amide bonds. The highest BCUT2D eigenvalue weighted by Gasteiger charge is 2.42. The monoisotopic (exact) mass is 284 g/mol. The van der Waals surface area contributed by atoms with E-state index in [0.29, 0.717) is 18.5 Å². The number of carboxylic acid groups (broad SMARTS) is 1. The predicted molar refractivity (Wildman–Crippen MR) is 77.7 cm³/mol. The minimum Gasteiger partial charge on any atom is -0.481 e. The fraction of sp³-hybridized carbons (Fsp3) is 0.929. The maximum Gasteiger partial charge on any atom is 0.304 e. The van der Waals surface area contributed by atoms with Crippen molar-refractivity contribution in [3.63, 3.8) is 0 Å². The predicted octanol–water partition coefficient (Wildman–Crippen LogP) is 1.50. The van der Waals surface area contributed by atoms with Gasteiger partial charge in [0.1, 0.15) is 0 Å². The second-order valence-corrected chi connectivity index (χ2v) is 7.38. The fourth-order valence-corrected chi connectivity index (χ4v) is 4.80. The molecule has 0 spiro atoms. The van der Waals surface area contributed by atoms with Gasteiger partial charge in [0.2, 0.25) is 0 Å². The van der Waals surface area contributed by atoms with Crippen LogP contribution in [0.3, 0.4) is 0 Å². The Labute approximate surface area is 119 Å². The number of nitrogens with zero attached hydrogens (tertiary/aromatic N) is 2. The van der Waals surface area contributed by atoms with Crippen LogP contribution in [-0.2, 0) is 4.79 Å². The minimum absolute atomic E-state index is 0.243. The summed E-state index contributed by atoms with van der Waals surface area (Å²) in [5.41, 5.74) is 0. The Balaban J connectivity index is 1.64. The molecule has 1 aliphatic carbocycles. The van der Waals surface area contributed by atoms with Crippen molar-refractivity contribution >= 4 is 17.7 Å². The standard InChI is InChI=1S/C14H24N2O2S/c1-10-6-12(8-16(10)11-2-3-11)15-4-5-19-9-13(15)7-14(17)18/h10-13H,2-9H2,1H3,(H,17,18). The zero-order valence-electron chi connectivity index (χ0n) is 11.6. The third-order valence-electron chi connectivity index (χ3n) is 4.77. The average Bonchev–Trinajstić information content (AvgIpc) is 3.13. The summed E-state index contributed by atoms with van der Waals surface area (Å²) in [6, 6.07) is 2.34. The zero-order valence-corrected chi connectivity index (χ0v) is 12.4. The molecular weight excluding hydrogens is 260 g/mol.